The Labute approximate surface area is 212 Å². The Hall–Kier alpha value is -1.92. The van der Waals surface area contributed by atoms with Gasteiger partial charge in [0.1, 0.15) is 0 Å². The van der Waals surface area contributed by atoms with Crippen LogP contribution in [0.3, 0.4) is 0 Å². The van der Waals surface area contributed by atoms with Crippen molar-refractivity contribution in [1.29, 1.82) is 0 Å². The van der Waals surface area contributed by atoms with E-state index in [-0.39, 0.29) is 12.6 Å². The summed E-state index contributed by atoms with van der Waals surface area (Å²) >= 11 is 6.26. The molecule has 1 fully saturated rings. The first-order chi connectivity index (χ1) is 16.6. The van der Waals surface area contributed by atoms with Crippen molar-refractivity contribution >= 4 is 23.4 Å². The highest BCUT2D eigenvalue weighted by Crippen LogP contribution is 2.36. The van der Waals surface area contributed by atoms with Gasteiger partial charge in [0, 0.05) is 63.1 Å². The summed E-state index contributed by atoms with van der Waals surface area (Å²) in [5.41, 5.74) is 2.08. The van der Waals surface area contributed by atoms with Crippen LogP contribution in [0.4, 0.5) is 36.8 Å². The van der Waals surface area contributed by atoms with E-state index in [0.29, 0.717) is 18.0 Å². The zero-order valence-electron chi connectivity index (χ0n) is 20.8. The first-order valence-electron chi connectivity index (χ1n) is 11.6. The molecule has 206 valence electrons. The van der Waals surface area contributed by atoms with E-state index in [0.717, 1.165) is 55.9 Å². The monoisotopic (exact) mass is 546 g/mol. The van der Waals surface area contributed by atoms with Gasteiger partial charge in [-0.15, -0.1) is 0 Å². The second-order valence-corrected chi connectivity index (χ2v) is 9.45. The predicted octanol–water partition coefficient (Wildman–Crippen LogP) is 5.25. The van der Waals surface area contributed by atoms with E-state index in [1.165, 1.54) is 0 Å². The minimum absolute atomic E-state index is 0.0841. The number of hydrogen-bond donors (Lipinski definition) is 0. The smallest absolute Gasteiger partial charge is 0.426 e. The van der Waals surface area contributed by atoms with Crippen molar-refractivity contribution in [3.05, 3.63) is 28.8 Å². The third kappa shape index (κ3) is 8.58. The number of ether oxygens (including phenoxy) is 1. The van der Waals surface area contributed by atoms with Crippen LogP contribution in [0.15, 0.2) is 18.2 Å². The Morgan fingerprint density at radius 1 is 1.08 bits per heavy atom. The molecule has 6 nitrogen and oxygen atoms in total. The Morgan fingerprint density at radius 3 is 2.19 bits per heavy atom. The van der Waals surface area contributed by atoms with Crippen LogP contribution in [0.25, 0.3) is 0 Å². The molecule has 13 heteroatoms. The number of hydrogen-bond acceptors (Lipinski definition) is 5. The summed E-state index contributed by atoms with van der Waals surface area (Å²) in [7, 11) is 2.96. The van der Waals surface area contributed by atoms with Crippen LogP contribution < -0.4 is 4.90 Å². The van der Waals surface area contributed by atoms with Crippen LogP contribution in [-0.4, -0.2) is 98.7 Å². The summed E-state index contributed by atoms with van der Waals surface area (Å²) in [5, 5.41) is 0.624. The number of benzene rings is 1. The van der Waals surface area contributed by atoms with Crippen molar-refractivity contribution < 1.29 is 35.9 Å². The third-order valence-electron chi connectivity index (χ3n) is 6.39. The van der Waals surface area contributed by atoms with E-state index >= 15 is 0 Å². The molecule has 1 aromatic rings. The number of carbonyl (C=O) groups is 1. The quantitative estimate of drug-likeness (QED) is 0.396. The second-order valence-electron chi connectivity index (χ2n) is 9.02. The SMILES string of the molecule is CCN1CCN(c2cc(Cl)ccc2CN(C)[C@H](C)CCN(C)C(=O)OC(C(F)(F)F)C(F)(F)F)CC1. The molecule has 1 aliphatic rings. The van der Waals surface area contributed by atoms with Crippen molar-refractivity contribution in [3.8, 4) is 0 Å². The normalized spacial score (nSPS) is 16.5. The molecule has 1 heterocycles. The molecule has 2 rings (SSSR count). The second kappa shape index (κ2) is 12.6. The zero-order valence-corrected chi connectivity index (χ0v) is 21.6. The minimum atomic E-state index is -5.75. The van der Waals surface area contributed by atoms with Crippen molar-refractivity contribution in [2.75, 3.05) is 58.3 Å². The summed E-state index contributed by atoms with van der Waals surface area (Å²) in [6.07, 6.45) is -17.0. The highest BCUT2D eigenvalue weighted by Gasteiger charge is 2.60. The fourth-order valence-corrected chi connectivity index (χ4v) is 4.06. The van der Waals surface area contributed by atoms with Gasteiger partial charge in [-0.25, -0.2) is 4.79 Å². The predicted molar refractivity (Wildman–Crippen MR) is 126 cm³/mol. The van der Waals surface area contributed by atoms with Gasteiger partial charge in [0.05, 0.1) is 0 Å². The number of amides is 1. The first kappa shape index (κ1) is 30.3. The van der Waals surface area contributed by atoms with Crippen LogP contribution in [-0.2, 0) is 11.3 Å². The Morgan fingerprint density at radius 2 is 1.67 bits per heavy atom. The van der Waals surface area contributed by atoms with Crippen LogP contribution in [0.2, 0.25) is 5.02 Å². The fraction of sp³-hybridized carbons (Fsp3) is 0.696. The molecule has 1 aromatic carbocycles. The summed E-state index contributed by atoms with van der Waals surface area (Å²) in [4.78, 5) is 19.3. The van der Waals surface area contributed by atoms with Crippen LogP contribution in [0.5, 0.6) is 0 Å². The molecule has 0 bridgehead atoms. The lowest BCUT2D eigenvalue weighted by Gasteiger charge is -2.37. The Balaban J connectivity index is 1.96. The van der Waals surface area contributed by atoms with E-state index in [1.54, 1.807) is 0 Å². The van der Waals surface area contributed by atoms with E-state index < -0.39 is 24.5 Å². The number of nitrogens with zero attached hydrogens (tertiary/aromatic N) is 4. The molecule has 36 heavy (non-hydrogen) atoms. The van der Waals surface area contributed by atoms with Gasteiger partial charge in [0.2, 0.25) is 0 Å². The van der Waals surface area contributed by atoms with Crippen molar-refractivity contribution in [3.63, 3.8) is 0 Å². The molecule has 0 saturated carbocycles. The summed E-state index contributed by atoms with van der Waals surface area (Å²) in [6.45, 7) is 9.06. The lowest BCUT2D eigenvalue weighted by molar-refractivity contribution is -0.308. The summed E-state index contributed by atoms with van der Waals surface area (Å²) in [5.74, 6) is 0. The highest BCUT2D eigenvalue weighted by atomic mass is 35.5. The largest absolute Gasteiger partial charge is 0.434 e. The van der Waals surface area contributed by atoms with E-state index in [9.17, 15) is 31.1 Å². The number of alkyl halides is 6. The maximum Gasteiger partial charge on any atom is 0.434 e. The number of carbonyl (C=O) groups excluding carboxylic acids is 1. The topological polar surface area (TPSA) is 39.3 Å². The third-order valence-corrected chi connectivity index (χ3v) is 6.62. The molecule has 1 amide bonds. The average Bonchev–Trinajstić information content (AvgIpc) is 2.80. The van der Waals surface area contributed by atoms with E-state index in [1.807, 2.05) is 37.1 Å². The molecule has 1 aliphatic heterocycles. The van der Waals surface area contributed by atoms with Gasteiger partial charge in [-0.05, 0) is 44.6 Å². The maximum atomic E-state index is 12.7. The molecule has 0 N–H and O–H groups in total. The van der Waals surface area contributed by atoms with Gasteiger partial charge in [-0.2, -0.15) is 26.3 Å². The Kier molecular flexibility index (Phi) is 10.6. The number of likely N-dealkylation sites (N-methyl/N-ethyl adjacent to an activating group) is 1. The molecule has 0 aromatic heterocycles. The molecule has 1 atom stereocenters. The van der Waals surface area contributed by atoms with Crippen molar-refractivity contribution in [2.24, 2.45) is 0 Å². The van der Waals surface area contributed by atoms with Crippen LogP contribution in [0.1, 0.15) is 25.8 Å². The molecule has 0 aliphatic carbocycles. The molecular weight excluding hydrogens is 514 g/mol. The van der Waals surface area contributed by atoms with E-state index in [2.05, 4.69) is 21.5 Å². The number of halogens is 7. The van der Waals surface area contributed by atoms with Gasteiger partial charge in [0.15, 0.2) is 0 Å². The highest BCUT2D eigenvalue weighted by molar-refractivity contribution is 6.30. The molecule has 0 unspecified atom stereocenters. The van der Waals surface area contributed by atoms with Crippen molar-refractivity contribution in [2.45, 2.75) is 51.3 Å². The molecular formula is C23H33ClF6N4O2. The van der Waals surface area contributed by atoms with Crippen molar-refractivity contribution in [1.82, 2.24) is 14.7 Å². The summed E-state index contributed by atoms with van der Waals surface area (Å²) in [6, 6.07) is 5.55. The van der Waals surface area contributed by atoms with E-state index in [4.69, 9.17) is 11.6 Å². The minimum Gasteiger partial charge on any atom is -0.426 e. The van der Waals surface area contributed by atoms with Crippen LogP contribution >= 0.6 is 11.6 Å². The fourth-order valence-electron chi connectivity index (χ4n) is 3.90. The first-order valence-corrected chi connectivity index (χ1v) is 12.0. The van der Waals surface area contributed by atoms with Crippen LogP contribution in [0, 0.1) is 0 Å². The number of anilines is 1. The average molecular weight is 547 g/mol. The molecule has 0 radical (unpaired) electrons. The van der Waals surface area contributed by atoms with Gasteiger partial charge >= 0.3 is 18.4 Å². The molecule has 0 spiro atoms. The van der Waals surface area contributed by atoms with Gasteiger partial charge in [-0.1, -0.05) is 24.6 Å². The Bertz CT molecular complexity index is 848. The number of piperazine rings is 1. The zero-order chi connectivity index (χ0) is 27.3. The maximum absolute atomic E-state index is 12.7. The van der Waals surface area contributed by atoms with Gasteiger partial charge in [-0.3, -0.25) is 4.90 Å². The molecule has 1 saturated heterocycles. The lowest BCUT2D eigenvalue weighted by atomic mass is 10.1. The van der Waals surface area contributed by atoms with Gasteiger partial charge in [0.25, 0.3) is 6.10 Å². The standard InChI is InChI=1S/C23H33ClF6N4O2/c1-5-33-10-12-34(13-11-33)19-14-18(24)7-6-17(19)15-32(4)16(2)8-9-31(3)21(35)36-20(22(25,26)27)23(28,29)30/h6-7,14,16,20H,5,8-13,15H2,1-4H3/t16-/m1/s1. The number of rotatable bonds is 9. The lowest BCUT2D eigenvalue weighted by Crippen LogP contribution is -2.48. The van der Waals surface area contributed by atoms with Gasteiger partial charge < -0.3 is 19.4 Å². The summed E-state index contributed by atoms with van der Waals surface area (Å²) < 4.78 is 79.7.